The smallest absolute Gasteiger partial charge is 0.323 e. The first-order chi connectivity index (χ1) is 14.6. The number of halogens is 2. The van der Waals surface area contributed by atoms with Crippen LogP contribution in [0.4, 0.5) is 16.2 Å². The van der Waals surface area contributed by atoms with Gasteiger partial charge in [-0.1, -0.05) is 39.7 Å². The Labute approximate surface area is 186 Å². The maximum absolute atomic E-state index is 12.1. The molecule has 1 aliphatic rings. The van der Waals surface area contributed by atoms with E-state index >= 15 is 0 Å². The average molecular weight is 485 g/mol. The van der Waals surface area contributed by atoms with E-state index in [2.05, 4.69) is 41.7 Å². The molecule has 2 N–H and O–H groups in total. The molecule has 0 radical (unpaired) electrons. The lowest BCUT2D eigenvalue weighted by molar-refractivity contribution is 0.134. The number of carbonyl (C=O) groups excluding carboxylic acids is 1. The second-order valence-corrected chi connectivity index (χ2v) is 7.58. The molecule has 7 nitrogen and oxygen atoms in total. The average Bonchev–Trinajstić information content (AvgIpc) is 2.92. The highest BCUT2D eigenvalue weighted by atomic mass is 79.9. The first-order valence-corrected chi connectivity index (χ1v) is 10.1. The summed E-state index contributed by atoms with van der Waals surface area (Å²) in [5, 5.41) is 3.19. The monoisotopic (exact) mass is 483 g/mol. The molecule has 2 heterocycles. The number of amides is 1. The summed E-state index contributed by atoms with van der Waals surface area (Å²) >= 11 is 9.54. The van der Waals surface area contributed by atoms with Crippen LogP contribution in [0.3, 0.4) is 0 Å². The van der Waals surface area contributed by atoms with E-state index in [1.165, 1.54) is 0 Å². The van der Waals surface area contributed by atoms with Gasteiger partial charge < -0.3 is 4.84 Å². The molecule has 0 saturated carbocycles. The van der Waals surface area contributed by atoms with Gasteiger partial charge in [-0.15, -0.1) is 0 Å². The first-order valence-electron chi connectivity index (χ1n) is 8.91. The summed E-state index contributed by atoms with van der Waals surface area (Å²) in [4.78, 5) is 30.7. The highest BCUT2D eigenvalue weighted by Gasteiger charge is 2.18. The molecule has 1 amide bonds. The fraction of sp³-hybridized carbons (Fsp3) is 0.0476. The number of hydrogen-bond donors (Lipinski definition) is 2. The van der Waals surface area contributed by atoms with Crippen molar-refractivity contribution >= 4 is 56.5 Å². The second-order valence-electron chi connectivity index (χ2n) is 6.23. The third-order valence-electron chi connectivity index (χ3n) is 4.10. The van der Waals surface area contributed by atoms with E-state index in [1.807, 2.05) is 24.3 Å². The minimum absolute atomic E-state index is 0.169. The van der Waals surface area contributed by atoms with E-state index in [1.54, 1.807) is 42.6 Å². The lowest BCUT2D eigenvalue weighted by atomic mass is 10.0. The third-order valence-corrected chi connectivity index (χ3v) is 4.82. The van der Waals surface area contributed by atoms with Crippen molar-refractivity contribution in [1.29, 1.82) is 0 Å². The third kappa shape index (κ3) is 4.84. The van der Waals surface area contributed by atoms with Gasteiger partial charge in [0.2, 0.25) is 0 Å². The molecular formula is C21H15BrClN5O2. The fourth-order valence-corrected chi connectivity index (χ4v) is 3.38. The molecule has 4 rings (SSSR count). The Morgan fingerprint density at radius 2 is 2.00 bits per heavy atom. The van der Waals surface area contributed by atoms with Crippen molar-refractivity contribution in [3.05, 3.63) is 87.6 Å². The van der Waals surface area contributed by atoms with E-state index in [4.69, 9.17) is 16.4 Å². The Balaban J connectivity index is 1.53. The van der Waals surface area contributed by atoms with E-state index in [0.29, 0.717) is 33.6 Å². The number of amidine groups is 1. The van der Waals surface area contributed by atoms with Gasteiger partial charge in [0.1, 0.15) is 6.54 Å². The van der Waals surface area contributed by atoms with Crippen molar-refractivity contribution in [2.75, 3.05) is 11.9 Å². The number of benzene rings is 2. The largest absolute Gasteiger partial charge is 0.435 e. The van der Waals surface area contributed by atoms with Gasteiger partial charge in [-0.3, -0.25) is 15.3 Å². The first kappa shape index (κ1) is 20.1. The zero-order valence-corrected chi connectivity index (χ0v) is 17.8. The Bertz CT molecular complexity index is 1150. The summed E-state index contributed by atoms with van der Waals surface area (Å²) in [6.07, 6.45) is 1.02. The van der Waals surface area contributed by atoms with Crippen LogP contribution < -0.4 is 10.8 Å². The fourth-order valence-electron chi connectivity index (χ4n) is 2.81. The number of aliphatic imine (C=N–C) groups is 2. The van der Waals surface area contributed by atoms with E-state index in [0.717, 1.165) is 10.0 Å². The van der Waals surface area contributed by atoms with Crippen molar-refractivity contribution in [2.24, 2.45) is 9.98 Å². The van der Waals surface area contributed by atoms with Gasteiger partial charge in [0, 0.05) is 26.9 Å². The lowest BCUT2D eigenvalue weighted by Gasteiger charge is -2.09. The molecule has 0 unspecified atom stereocenters. The number of fused-ring (bicyclic) bond motifs is 1. The van der Waals surface area contributed by atoms with Crippen LogP contribution in [0.15, 0.2) is 81.3 Å². The number of rotatable bonds is 2. The molecule has 30 heavy (non-hydrogen) atoms. The summed E-state index contributed by atoms with van der Waals surface area (Å²) in [7, 11) is 0. The SMILES string of the molecule is O=C(Nc1cccc(Br)c1)ONC1=Nc2ccc(Cl)cc2C(c2ccccn2)=NC1. The molecule has 1 aliphatic heterocycles. The Morgan fingerprint density at radius 1 is 1.10 bits per heavy atom. The van der Waals surface area contributed by atoms with Gasteiger partial charge in [-0.2, -0.15) is 0 Å². The highest BCUT2D eigenvalue weighted by molar-refractivity contribution is 9.10. The predicted molar refractivity (Wildman–Crippen MR) is 121 cm³/mol. The van der Waals surface area contributed by atoms with Crippen molar-refractivity contribution in [2.45, 2.75) is 0 Å². The number of nitrogens with one attached hydrogen (secondary N) is 2. The quantitative estimate of drug-likeness (QED) is 0.494. The Kier molecular flexibility index (Phi) is 6.06. The molecule has 150 valence electrons. The molecule has 2 aromatic carbocycles. The van der Waals surface area contributed by atoms with Crippen molar-refractivity contribution in [1.82, 2.24) is 10.5 Å². The topological polar surface area (TPSA) is 88.0 Å². The Morgan fingerprint density at radius 3 is 2.80 bits per heavy atom. The number of pyridine rings is 1. The summed E-state index contributed by atoms with van der Waals surface area (Å²) in [6, 6.07) is 18.1. The molecule has 0 spiro atoms. The number of carbonyl (C=O) groups is 1. The van der Waals surface area contributed by atoms with Crippen LogP contribution in [0.5, 0.6) is 0 Å². The second kappa shape index (κ2) is 9.06. The van der Waals surface area contributed by atoms with Crippen LogP contribution in [0, 0.1) is 0 Å². The normalized spacial score (nSPS) is 12.7. The standard InChI is InChI=1S/C21H15BrClN5O2/c22-13-4-3-5-15(10-13)26-21(29)30-28-19-12-25-20(18-6-1-2-9-24-18)16-11-14(23)7-8-17(16)27-19/h1-11H,12H2,(H,26,29)(H,27,28). The van der Waals surface area contributed by atoms with Gasteiger partial charge in [-0.25, -0.2) is 15.3 Å². The van der Waals surface area contributed by atoms with Gasteiger partial charge in [0.25, 0.3) is 0 Å². The molecular weight excluding hydrogens is 470 g/mol. The summed E-state index contributed by atoms with van der Waals surface area (Å²) in [5.74, 6) is 0.369. The highest BCUT2D eigenvalue weighted by Crippen LogP contribution is 2.27. The maximum atomic E-state index is 12.1. The molecule has 1 aromatic heterocycles. The van der Waals surface area contributed by atoms with Crippen LogP contribution in [-0.2, 0) is 4.84 Å². The van der Waals surface area contributed by atoms with Crippen LogP contribution in [0.25, 0.3) is 0 Å². The molecule has 0 bridgehead atoms. The minimum Gasteiger partial charge on any atom is -0.323 e. The van der Waals surface area contributed by atoms with E-state index in [9.17, 15) is 4.79 Å². The molecule has 0 saturated heterocycles. The zero-order valence-electron chi connectivity index (χ0n) is 15.5. The van der Waals surface area contributed by atoms with Gasteiger partial charge in [0.15, 0.2) is 5.84 Å². The zero-order chi connectivity index (χ0) is 20.9. The van der Waals surface area contributed by atoms with E-state index in [-0.39, 0.29) is 6.54 Å². The number of anilines is 1. The van der Waals surface area contributed by atoms with Crippen molar-refractivity contribution in [3.63, 3.8) is 0 Å². The van der Waals surface area contributed by atoms with Gasteiger partial charge in [0.05, 0.1) is 17.1 Å². The van der Waals surface area contributed by atoms with Crippen molar-refractivity contribution < 1.29 is 9.63 Å². The van der Waals surface area contributed by atoms with Gasteiger partial charge >= 0.3 is 6.09 Å². The van der Waals surface area contributed by atoms with Crippen LogP contribution >= 0.6 is 27.5 Å². The summed E-state index contributed by atoms with van der Waals surface area (Å²) in [5.41, 5.74) is 5.93. The molecule has 3 aromatic rings. The van der Waals surface area contributed by atoms with Crippen LogP contribution in [0.2, 0.25) is 5.02 Å². The molecule has 0 atom stereocenters. The lowest BCUT2D eigenvalue weighted by Crippen LogP contribution is -2.31. The molecule has 9 heteroatoms. The number of hydrogen-bond acceptors (Lipinski definition) is 6. The summed E-state index contributed by atoms with van der Waals surface area (Å²) in [6.45, 7) is 0.169. The summed E-state index contributed by atoms with van der Waals surface area (Å²) < 4.78 is 0.841. The van der Waals surface area contributed by atoms with Crippen LogP contribution in [-0.4, -0.2) is 29.2 Å². The minimum atomic E-state index is -0.676. The van der Waals surface area contributed by atoms with Crippen molar-refractivity contribution in [3.8, 4) is 0 Å². The maximum Gasteiger partial charge on any atom is 0.435 e. The van der Waals surface area contributed by atoms with Crippen LogP contribution in [0.1, 0.15) is 11.3 Å². The molecule has 0 aliphatic carbocycles. The van der Waals surface area contributed by atoms with Gasteiger partial charge in [-0.05, 0) is 48.5 Å². The number of nitrogens with zero attached hydrogens (tertiary/aromatic N) is 3. The Hall–Kier alpha value is -3.23. The number of aromatic nitrogens is 1. The molecule has 0 fully saturated rings. The van der Waals surface area contributed by atoms with E-state index < -0.39 is 6.09 Å². The predicted octanol–water partition coefficient (Wildman–Crippen LogP) is 5.13. The number of hydroxylamine groups is 1.